The summed E-state index contributed by atoms with van der Waals surface area (Å²) < 4.78 is 4.79. The summed E-state index contributed by atoms with van der Waals surface area (Å²) >= 11 is 0. The quantitative estimate of drug-likeness (QED) is 0.598. The van der Waals surface area contributed by atoms with Gasteiger partial charge in [-0.1, -0.05) is 13.8 Å². The third-order valence-electron chi connectivity index (χ3n) is 1.39. The molecule has 0 aliphatic carbocycles. The zero-order valence-electron chi connectivity index (χ0n) is 6.91. The van der Waals surface area contributed by atoms with Gasteiger partial charge in [0.05, 0.1) is 6.61 Å². The van der Waals surface area contributed by atoms with Crippen LogP contribution in [-0.4, -0.2) is 30.3 Å². The summed E-state index contributed by atoms with van der Waals surface area (Å²) in [4.78, 5) is 9.98. The van der Waals surface area contributed by atoms with E-state index < -0.39 is 5.97 Å². The maximum atomic E-state index is 9.98. The molecule has 0 aromatic heterocycles. The molecule has 0 bridgehead atoms. The average Bonchev–Trinajstić information content (AvgIpc) is 1.86. The number of aliphatic carboxylic acids is 1. The Kier molecular flexibility index (Phi) is 4.81. The zero-order valence-corrected chi connectivity index (χ0v) is 6.91. The van der Waals surface area contributed by atoms with E-state index in [1.54, 1.807) is 0 Å². The van der Waals surface area contributed by atoms with E-state index in [-0.39, 0.29) is 12.6 Å². The Hall–Kier alpha value is -0.610. The van der Waals surface area contributed by atoms with Gasteiger partial charge in [-0.2, -0.15) is 0 Å². The fourth-order valence-electron chi connectivity index (χ4n) is 0.475. The Bertz CT molecular complexity index is 125. The van der Waals surface area contributed by atoms with Gasteiger partial charge < -0.3 is 15.6 Å². The molecular weight excluding hydrogens is 146 g/mol. The first-order valence-electron chi connectivity index (χ1n) is 3.59. The second-order valence-electron chi connectivity index (χ2n) is 2.82. The Morgan fingerprint density at radius 2 is 2.18 bits per heavy atom. The standard InChI is InChI=1S/C7H15NO3/c1-5(2)6(8)3-11-4-7(9)10/h5-6H,3-4,8H2,1-2H3,(H,9,10). The first-order valence-corrected chi connectivity index (χ1v) is 3.59. The third kappa shape index (κ3) is 5.82. The minimum Gasteiger partial charge on any atom is -0.480 e. The Balaban J connectivity index is 3.31. The van der Waals surface area contributed by atoms with Crippen molar-refractivity contribution in [3.8, 4) is 0 Å². The summed E-state index contributed by atoms with van der Waals surface area (Å²) in [5.41, 5.74) is 5.58. The first kappa shape index (κ1) is 10.4. The lowest BCUT2D eigenvalue weighted by Gasteiger charge is -2.14. The molecule has 4 heteroatoms. The Morgan fingerprint density at radius 3 is 2.55 bits per heavy atom. The highest BCUT2D eigenvalue weighted by Crippen LogP contribution is 1.97. The van der Waals surface area contributed by atoms with E-state index in [1.807, 2.05) is 13.8 Å². The van der Waals surface area contributed by atoms with Crippen LogP contribution >= 0.6 is 0 Å². The molecule has 11 heavy (non-hydrogen) atoms. The van der Waals surface area contributed by atoms with E-state index in [9.17, 15) is 4.79 Å². The van der Waals surface area contributed by atoms with Crippen molar-refractivity contribution in [3.05, 3.63) is 0 Å². The number of ether oxygens (including phenoxy) is 1. The van der Waals surface area contributed by atoms with Crippen LogP contribution in [0.25, 0.3) is 0 Å². The molecule has 0 saturated carbocycles. The third-order valence-corrected chi connectivity index (χ3v) is 1.39. The van der Waals surface area contributed by atoms with Gasteiger partial charge in [0.1, 0.15) is 6.61 Å². The molecule has 0 radical (unpaired) electrons. The summed E-state index contributed by atoms with van der Waals surface area (Å²) in [7, 11) is 0. The van der Waals surface area contributed by atoms with E-state index in [1.165, 1.54) is 0 Å². The van der Waals surface area contributed by atoms with Crippen LogP contribution in [0.3, 0.4) is 0 Å². The van der Waals surface area contributed by atoms with Crippen molar-refractivity contribution in [3.63, 3.8) is 0 Å². The van der Waals surface area contributed by atoms with Gasteiger partial charge in [0, 0.05) is 6.04 Å². The van der Waals surface area contributed by atoms with E-state index in [2.05, 4.69) is 0 Å². The number of carboxylic acids is 1. The SMILES string of the molecule is CC(C)C(N)COCC(=O)O. The number of carbonyl (C=O) groups is 1. The topological polar surface area (TPSA) is 72.5 Å². The second kappa shape index (κ2) is 5.09. The second-order valence-corrected chi connectivity index (χ2v) is 2.82. The van der Waals surface area contributed by atoms with Crippen LogP contribution in [0.2, 0.25) is 0 Å². The van der Waals surface area contributed by atoms with Crippen LogP contribution in [-0.2, 0) is 9.53 Å². The summed E-state index contributed by atoms with van der Waals surface area (Å²) in [6.07, 6.45) is 0. The molecule has 3 N–H and O–H groups in total. The highest BCUT2D eigenvalue weighted by molar-refractivity contribution is 5.67. The van der Waals surface area contributed by atoms with Crippen LogP contribution in [0.5, 0.6) is 0 Å². The van der Waals surface area contributed by atoms with E-state index in [0.717, 1.165) is 0 Å². The van der Waals surface area contributed by atoms with Crippen molar-refractivity contribution in [2.24, 2.45) is 11.7 Å². The first-order chi connectivity index (χ1) is 5.04. The molecule has 0 amide bonds. The average molecular weight is 161 g/mol. The molecule has 0 spiro atoms. The molecule has 0 aliphatic heterocycles. The number of nitrogens with two attached hydrogens (primary N) is 1. The number of carboxylic acid groups (broad SMARTS) is 1. The molecule has 1 unspecified atom stereocenters. The van der Waals surface area contributed by atoms with Crippen molar-refractivity contribution in [2.45, 2.75) is 19.9 Å². The molecule has 1 atom stereocenters. The highest BCUT2D eigenvalue weighted by Gasteiger charge is 2.07. The van der Waals surface area contributed by atoms with Crippen LogP contribution in [0.1, 0.15) is 13.8 Å². The molecule has 0 fully saturated rings. The zero-order chi connectivity index (χ0) is 8.85. The predicted octanol–water partition coefficient (Wildman–Crippen LogP) is 0.0709. The monoisotopic (exact) mass is 161 g/mol. The number of rotatable bonds is 5. The van der Waals surface area contributed by atoms with Crippen molar-refractivity contribution in [2.75, 3.05) is 13.2 Å². The summed E-state index contributed by atoms with van der Waals surface area (Å²) in [5.74, 6) is -0.634. The van der Waals surface area contributed by atoms with Gasteiger partial charge in [-0.15, -0.1) is 0 Å². The van der Waals surface area contributed by atoms with Crippen LogP contribution in [0.4, 0.5) is 0 Å². The number of hydrogen-bond acceptors (Lipinski definition) is 3. The molecular formula is C7H15NO3. The van der Waals surface area contributed by atoms with Crippen molar-refractivity contribution in [1.82, 2.24) is 0 Å². The van der Waals surface area contributed by atoms with E-state index >= 15 is 0 Å². The molecule has 66 valence electrons. The minimum atomic E-state index is -0.957. The minimum absolute atomic E-state index is 0.0747. The van der Waals surface area contributed by atoms with Gasteiger partial charge in [-0.05, 0) is 5.92 Å². The van der Waals surface area contributed by atoms with E-state index in [4.69, 9.17) is 15.6 Å². The molecule has 0 aromatic rings. The fourth-order valence-corrected chi connectivity index (χ4v) is 0.475. The summed E-state index contributed by atoms with van der Waals surface area (Å²) in [5, 5.41) is 8.20. The fraction of sp³-hybridized carbons (Fsp3) is 0.857. The lowest BCUT2D eigenvalue weighted by Crippen LogP contribution is -2.32. The Labute approximate surface area is 66.3 Å². The normalized spacial score (nSPS) is 13.5. The predicted molar refractivity (Wildman–Crippen MR) is 41.3 cm³/mol. The van der Waals surface area contributed by atoms with Gasteiger partial charge in [0.2, 0.25) is 0 Å². The molecule has 0 aliphatic rings. The molecule has 4 nitrogen and oxygen atoms in total. The van der Waals surface area contributed by atoms with Gasteiger partial charge in [-0.3, -0.25) is 0 Å². The maximum Gasteiger partial charge on any atom is 0.329 e. The van der Waals surface area contributed by atoms with Gasteiger partial charge in [-0.25, -0.2) is 4.79 Å². The van der Waals surface area contributed by atoms with Gasteiger partial charge >= 0.3 is 5.97 Å². The largest absolute Gasteiger partial charge is 0.480 e. The molecule has 0 aromatic carbocycles. The molecule has 0 heterocycles. The molecule has 0 rings (SSSR count). The molecule has 0 saturated heterocycles. The van der Waals surface area contributed by atoms with Gasteiger partial charge in [0.25, 0.3) is 0 Å². The number of hydrogen-bond donors (Lipinski definition) is 2. The summed E-state index contributed by atoms with van der Waals surface area (Å²) in [6.45, 7) is 3.98. The van der Waals surface area contributed by atoms with Crippen molar-refractivity contribution >= 4 is 5.97 Å². The lowest BCUT2D eigenvalue weighted by atomic mass is 10.1. The maximum absolute atomic E-state index is 9.98. The van der Waals surface area contributed by atoms with Crippen LogP contribution < -0.4 is 5.73 Å². The van der Waals surface area contributed by atoms with Crippen LogP contribution in [0, 0.1) is 5.92 Å². The Morgan fingerprint density at radius 1 is 1.64 bits per heavy atom. The van der Waals surface area contributed by atoms with Crippen LogP contribution in [0.15, 0.2) is 0 Å². The van der Waals surface area contributed by atoms with Crippen molar-refractivity contribution in [1.29, 1.82) is 0 Å². The summed E-state index contributed by atoms with van der Waals surface area (Å²) in [6, 6.07) is -0.0747. The lowest BCUT2D eigenvalue weighted by molar-refractivity contribution is -0.142. The highest BCUT2D eigenvalue weighted by atomic mass is 16.5. The van der Waals surface area contributed by atoms with Gasteiger partial charge in [0.15, 0.2) is 0 Å². The van der Waals surface area contributed by atoms with E-state index in [0.29, 0.717) is 12.5 Å². The van der Waals surface area contributed by atoms with Crippen molar-refractivity contribution < 1.29 is 14.6 Å². The smallest absolute Gasteiger partial charge is 0.329 e.